The molecule has 1 saturated heterocycles. The van der Waals surface area contributed by atoms with Crippen molar-refractivity contribution in [2.75, 3.05) is 6.61 Å². The summed E-state index contributed by atoms with van der Waals surface area (Å²) in [6.45, 7) is 2.77. The summed E-state index contributed by atoms with van der Waals surface area (Å²) in [4.78, 5) is 16.3. The van der Waals surface area contributed by atoms with E-state index in [0.29, 0.717) is 18.4 Å². The van der Waals surface area contributed by atoms with Gasteiger partial charge in [0.05, 0.1) is 12.2 Å². The highest BCUT2D eigenvalue weighted by molar-refractivity contribution is 5.94. The van der Waals surface area contributed by atoms with Gasteiger partial charge in [-0.1, -0.05) is 19.1 Å². The van der Waals surface area contributed by atoms with Crippen LogP contribution in [0.15, 0.2) is 36.2 Å². The summed E-state index contributed by atoms with van der Waals surface area (Å²) in [6, 6.07) is 3.99. The fraction of sp³-hybridized carbons (Fsp3) is 0.556. The Morgan fingerprint density at radius 1 is 1.45 bits per heavy atom. The predicted octanol–water partition coefficient (Wildman–Crippen LogP) is 2.68. The zero-order chi connectivity index (χ0) is 15.2. The lowest BCUT2D eigenvalue weighted by Crippen LogP contribution is -2.47. The third-order valence-electron chi connectivity index (χ3n) is 5.31. The SMILES string of the molecule is C[C@H]1C=C2C(=O)O[C@H]3CC[C@@H](C1)[C@@]23OCCc1cccnc1. The summed E-state index contributed by atoms with van der Waals surface area (Å²) in [5.41, 5.74) is 1.46. The Morgan fingerprint density at radius 2 is 2.36 bits per heavy atom. The fourth-order valence-electron chi connectivity index (χ4n) is 4.40. The lowest BCUT2D eigenvalue weighted by molar-refractivity contribution is -0.142. The molecule has 4 nitrogen and oxygen atoms in total. The van der Waals surface area contributed by atoms with Crippen LogP contribution in [0.4, 0.5) is 0 Å². The number of allylic oxidation sites excluding steroid dienone is 1. The molecule has 3 aliphatic rings. The van der Waals surface area contributed by atoms with E-state index in [1.54, 1.807) is 6.20 Å². The number of rotatable bonds is 4. The maximum Gasteiger partial charge on any atom is 0.337 e. The summed E-state index contributed by atoms with van der Waals surface area (Å²) < 4.78 is 12.0. The standard InChI is InChI=1S/C18H21NO3/c1-12-9-14-4-5-16-18(14,15(10-12)17(20)22-16)21-8-6-13-3-2-7-19-11-13/h2-3,7,10-12,14,16H,4-6,8-9H2,1H3/t12-,14+,16+,18-/m1/s1. The second-order valence-electron chi connectivity index (χ2n) is 6.71. The average Bonchev–Trinajstić information content (AvgIpc) is 2.99. The second-order valence-corrected chi connectivity index (χ2v) is 6.71. The van der Waals surface area contributed by atoms with Crippen LogP contribution in [0, 0.1) is 11.8 Å². The van der Waals surface area contributed by atoms with Gasteiger partial charge in [0, 0.05) is 12.4 Å². The second kappa shape index (κ2) is 5.20. The van der Waals surface area contributed by atoms with E-state index in [2.05, 4.69) is 24.1 Å². The van der Waals surface area contributed by atoms with Gasteiger partial charge in [-0.05, 0) is 49.1 Å². The van der Waals surface area contributed by atoms with E-state index in [4.69, 9.17) is 9.47 Å². The van der Waals surface area contributed by atoms with Crippen LogP contribution >= 0.6 is 0 Å². The minimum atomic E-state index is -0.480. The van der Waals surface area contributed by atoms with Gasteiger partial charge < -0.3 is 9.47 Å². The zero-order valence-electron chi connectivity index (χ0n) is 12.8. The highest BCUT2D eigenvalue weighted by Gasteiger charge is 2.63. The Hall–Kier alpha value is -1.68. The van der Waals surface area contributed by atoms with E-state index in [1.165, 1.54) is 0 Å². The Balaban J connectivity index is 1.56. The van der Waals surface area contributed by atoms with Crippen molar-refractivity contribution in [3.8, 4) is 0 Å². The van der Waals surface area contributed by atoms with Gasteiger partial charge in [0.1, 0.15) is 11.7 Å². The van der Waals surface area contributed by atoms with Crippen LogP contribution in [0.3, 0.4) is 0 Å². The molecule has 0 radical (unpaired) electrons. The molecular formula is C18H21NO3. The Morgan fingerprint density at radius 3 is 3.18 bits per heavy atom. The number of pyridine rings is 1. The lowest BCUT2D eigenvalue weighted by Gasteiger charge is -2.38. The minimum Gasteiger partial charge on any atom is -0.455 e. The molecule has 2 aliphatic carbocycles. The topological polar surface area (TPSA) is 48.4 Å². The van der Waals surface area contributed by atoms with Crippen molar-refractivity contribution >= 4 is 5.97 Å². The van der Waals surface area contributed by atoms with Crippen LogP contribution in [-0.4, -0.2) is 29.3 Å². The maximum atomic E-state index is 12.2. The van der Waals surface area contributed by atoms with E-state index < -0.39 is 5.60 Å². The molecule has 2 heterocycles. The molecule has 0 aromatic carbocycles. The smallest absolute Gasteiger partial charge is 0.337 e. The lowest BCUT2D eigenvalue weighted by atomic mass is 9.73. The maximum absolute atomic E-state index is 12.2. The van der Waals surface area contributed by atoms with Gasteiger partial charge in [-0.15, -0.1) is 0 Å². The number of esters is 1. The largest absolute Gasteiger partial charge is 0.455 e. The molecule has 0 amide bonds. The van der Waals surface area contributed by atoms with Crippen LogP contribution in [0.2, 0.25) is 0 Å². The van der Waals surface area contributed by atoms with Crippen molar-refractivity contribution in [3.63, 3.8) is 0 Å². The number of carbonyl (C=O) groups is 1. The van der Waals surface area contributed by atoms with Gasteiger partial charge in [-0.25, -0.2) is 4.79 Å². The highest BCUT2D eigenvalue weighted by atomic mass is 16.6. The monoisotopic (exact) mass is 299 g/mol. The highest BCUT2D eigenvalue weighted by Crippen LogP contribution is 2.55. The van der Waals surface area contributed by atoms with Crippen molar-refractivity contribution < 1.29 is 14.3 Å². The summed E-state index contributed by atoms with van der Waals surface area (Å²) >= 11 is 0. The van der Waals surface area contributed by atoms with Crippen molar-refractivity contribution in [1.29, 1.82) is 0 Å². The summed E-state index contributed by atoms with van der Waals surface area (Å²) in [5, 5.41) is 0. The molecule has 1 saturated carbocycles. The molecule has 4 atom stereocenters. The normalized spacial score (nSPS) is 36.0. The van der Waals surface area contributed by atoms with Crippen molar-refractivity contribution in [1.82, 2.24) is 4.98 Å². The van der Waals surface area contributed by atoms with Crippen LogP contribution < -0.4 is 0 Å². The third kappa shape index (κ3) is 2.01. The number of aromatic nitrogens is 1. The molecule has 1 aromatic rings. The third-order valence-corrected chi connectivity index (χ3v) is 5.31. The first kappa shape index (κ1) is 13.9. The summed E-state index contributed by atoms with van der Waals surface area (Å²) in [5.74, 6) is 0.676. The number of carbonyl (C=O) groups excluding carboxylic acids is 1. The molecule has 1 aromatic heterocycles. The van der Waals surface area contributed by atoms with E-state index >= 15 is 0 Å². The number of hydrogen-bond donors (Lipinski definition) is 0. The van der Waals surface area contributed by atoms with Gasteiger partial charge in [0.15, 0.2) is 0 Å². The van der Waals surface area contributed by atoms with E-state index in [9.17, 15) is 4.79 Å². The number of ether oxygens (including phenoxy) is 2. The molecule has 4 heteroatoms. The molecule has 0 spiro atoms. The van der Waals surface area contributed by atoms with E-state index in [-0.39, 0.29) is 12.1 Å². The summed E-state index contributed by atoms with van der Waals surface area (Å²) in [7, 11) is 0. The Labute approximate surface area is 130 Å². The van der Waals surface area contributed by atoms with Crippen LogP contribution in [0.25, 0.3) is 0 Å². The van der Waals surface area contributed by atoms with Gasteiger partial charge >= 0.3 is 5.97 Å². The van der Waals surface area contributed by atoms with Crippen molar-refractivity contribution in [3.05, 3.63) is 41.7 Å². The first-order valence-electron chi connectivity index (χ1n) is 8.16. The fourth-order valence-corrected chi connectivity index (χ4v) is 4.40. The predicted molar refractivity (Wildman–Crippen MR) is 81.1 cm³/mol. The van der Waals surface area contributed by atoms with Gasteiger partial charge in [-0.2, -0.15) is 0 Å². The molecule has 0 unspecified atom stereocenters. The van der Waals surface area contributed by atoms with E-state index in [1.807, 2.05) is 12.3 Å². The van der Waals surface area contributed by atoms with Gasteiger partial charge in [0.25, 0.3) is 0 Å². The van der Waals surface area contributed by atoms with Gasteiger partial charge in [-0.3, -0.25) is 4.98 Å². The minimum absolute atomic E-state index is 0.0855. The van der Waals surface area contributed by atoms with Crippen LogP contribution in [0.1, 0.15) is 31.7 Å². The van der Waals surface area contributed by atoms with Crippen LogP contribution in [0.5, 0.6) is 0 Å². The quantitative estimate of drug-likeness (QED) is 0.802. The van der Waals surface area contributed by atoms with Crippen molar-refractivity contribution in [2.24, 2.45) is 11.8 Å². The Bertz CT molecular complexity index is 612. The molecule has 0 N–H and O–H groups in total. The molecule has 22 heavy (non-hydrogen) atoms. The van der Waals surface area contributed by atoms with E-state index in [0.717, 1.165) is 36.8 Å². The van der Waals surface area contributed by atoms with Gasteiger partial charge in [0.2, 0.25) is 0 Å². The summed E-state index contributed by atoms with van der Waals surface area (Å²) in [6.07, 6.45) is 9.54. The molecular weight excluding hydrogens is 278 g/mol. The van der Waals surface area contributed by atoms with Crippen molar-refractivity contribution in [2.45, 2.75) is 44.3 Å². The van der Waals surface area contributed by atoms with Crippen LogP contribution in [-0.2, 0) is 20.7 Å². The molecule has 2 fully saturated rings. The first-order chi connectivity index (χ1) is 10.7. The Kier molecular flexibility index (Phi) is 3.30. The molecule has 4 rings (SSSR count). The molecule has 0 bridgehead atoms. The average molecular weight is 299 g/mol. The number of hydrogen-bond acceptors (Lipinski definition) is 4. The molecule has 1 aliphatic heterocycles. The number of nitrogens with zero attached hydrogens (tertiary/aromatic N) is 1. The molecule has 116 valence electrons. The zero-order valence-corrected chi connectivity index (χ0v) is 12.8. The first-order valence-corrected chi connectivity index (χ1v) is 8.16.